The van der Waals surface area contributed by atoms with Gasteiger partial charge >= 0.3 is 6.18 Å². The van der Waals surface area contributed by atoms with Crippen LogP contribution in [0.15, 0.2) is 29.1 Å². The molecule has 11 heteroatoms. The van der Waals surface area contributed by atoms with E-state index in [4.69, 9.17) is 27.9 Å². The van der Waals surface area contributed by atoms with E-state index in [-0.39, 0.29) is 17.7 Å². The highest BCUT2D eigenvalue weighted by Gasteiger charge is 2.36. The zero-order valence-electron chi connectivity index (χ0n) is 14.4. The minimum atomic E-state index is -4.86. The normalized spacial score (nSPS) is 11.4. The first-order valence-corrected chi connectivity index (χ1v) is 8.64. The first kappa shape index (κ1) is 21.9. The molecule has 2 rings (SSSR count). The van der Waals surface area contributed by atoms with Crippen LogP contribution in [0.5, 0.6) is 11.5 Å². The SMILES string of the molecule is Cn1c(C(F)(F)F)cc(C(=O)NCCCOc2ccc(Cl)c(Cl)c2)c(O)c1=O. The Balaban J connectivity index is 1.97. The van der Waals surface area contributed by atoms with Crippen molar-refractivity contribution in [1.82, 2.24) is 9.88 Å². The average molecular weight is 439 g/mol. The summed E-state index contributed by atoms with van der Waals surface area (Å²) >= 11 is 11.6. The Morgan fingerprint density at radius 3 is 2.54 bits per heavy atom. The van der Waals surface area contributed by atoms with Crippen molar-refractivity contribution in [2.24, 2.45) is 7.05 Å². The molecule has 2 aromatic rings. The van der Waals surface area contributed by atoms with Crippen LogP contribution in [0.1, 0.15) is 22.5 Å². The first-order chi connectivity index (χ1) is 13.0. The molecule has 0 saturated heterocycles. The number of benzene rings is 1. The Morgan fingerprint density at radius 1 is 1.25 bits per heavy atom. The van der Waals surface area contributed by atoms with Crippen LogP contribution >= 0.6 is 23.2 Å². The van der Waals surface area contributed by atoms with Crippen LogP contribution in [0.25, 0.3) is 0 Å². The van der Waals surface area contributed by atoms with Crippen LogP contribution in [-0.4, -0.2) is 28.7 Å². The standard InChI is InChI=1S/C17H15Cl2F3N2O4/c1-24-13(17(20,21)22)8-10(14(25)16(24)27)15(26)23-5-2-6-28-9-3-4-11(18)12(19)7-9/h3-4,7-8,25H,2,5-6H2,1H3,(H,23,26). The lowest BCUT2D eigenvalue weighted by atomic mass is 10.1. The predicted octanol–water partition coefficient (Wildman–Crippen LogP) is 3.62. The lowest BCUT2D eigenvalue weighted by molar-refractivity contribution is -0.143. The Morgan fingerprint density at radius 2 is 1.93 bits per heavy atom. The van der Waals surface area contributed by atoms with Crippen LogP contribution < -0.4 is 15.6 Å². The molecule has 28 heavy (non-hydrogen) atoms. The van der Waals surface area contributed by atoms with E-state index in [1.54, 1.807) is 12.1 Å². The van der Waals surface area contributed by atoms with Crippen LogP contribution in [-0.2, 0) is 13.2 Å². The molecule has 0 aliphatic carbocycles. The summed E-state index contributed by atoms with van der Waals surface area (Å²) in [5.41, 5.74) is -3.41. The second kappa shape index (κ2) is 8.74. The van der Waals surface area contributed by atoms with Crippen LogP contribution in [0.3, 0.4) is 0 Å². The van der Waals surface area contributed by atoms with Crippen molar-refractivity contribution >= 4 is 29.1 Å². The van der Waals surface area contributed by atoms with Crippen molar-refractivity contribution in [2.45, 2.75) is 12.6 Å². The maximum absolute atomic E-state index is 13.0. The van der Waals surface area contributed by atoms with Gasteiger partial charge in [-0.15, -0.1) is 0 Å². The topological polar surface area (TPSA) is 80.6 Å². The highest BCUT2D eigenvalue weighted by Crippen LogP contribution is 2.30. The van der Waals surface area contributed by atoms with Gasteiger partial charge in [-0.1, -0.05) is 23.2 Å². The Labute approximate surface area is 167 Å². The van der Waals surface area contributed by atoms with E-state index in [1.165, 1.54) is 6.07 Å². The molecule has 6 nitrogen and oxygen atoms in total. The molecular weight excluding hydrogens is 424 g/mol. The van der Waals surface area contributed by atoms with Crippen LogP contribution in [0.4, 0.5) is 13.2 Å². The monoisotopic (exact) mass is 438 g/mol. The number of ether oxygens (including phenoxy) is 1. The molecule has 0 radical (unpaired) electrons. The Hall–Kier alpha value is -2.39. The second-order valence-corrected chi connectivity index (χ2v) is 6.50. The maximum Gasteiger partial charge on any atom is 0.431 e. The fourth-order valence-electron chi connectivity index (χ4n) is 2.26. The average Bonchev–Trinajstić information content (AvgIpc) is 2.61. The molecule has 1 aromatic carbocycles. The third-order valence-corrected chi connectivity index (χ3v) is 4.45. The molecule has 1 amide bonds. The van der Waals surface area contributed by atoms with Gasteiger partial charge in [0.15, 0.2) is 5.75 Å². The molecule has 1 heterocycles. The number of aromatic nitrogens is 1. The van der Waals surface area contributed by atoms with E-state index in [9.17, 15) is 27.9 Å². The minimum absolute atomic E-state index is 0.0379. The summed E-state index contributed by atoms with van der Waals surface area (Å²) in [7, 11) is 0.854. The van der Waals surface area contributed by atoms with Gasteiger partial charge in [-0.05, 0) is 24.6 Å². The summed E-state index contributed by atoms with van der Waals surface area (Å²) < 4.78 is 44.5. The zero-order valence-corrected chi connectivity index (χ0v) is 16.0. The van der Waals surface area contributed by atoms with Crippen molar-refractivity contribution in [1.29, 1.82) is 0 Å². The fraction of sp³-hybridized carbons (Fsp3) is 0.294. The number of carbonyl (C=O) groups is 1. The van der Waals surface area contributed by atoms with Crippen molar-refractivity contribution in [3.8, 4) is 11.5 Å². The summed E-state index contributed by atoms with van der Waals surface area (Å²) in [6.45, 7) is 0.213. The number of rotatable bonds is 6. The highest BCUT2D eigenvalue weighted by atomic mass is 35.5. The third-order valence-electron chi connectivity index (χ3n) is 3.71. The molecule has 1 aromatic heterocycles. The second-order valence-electron chi connectivity index (χ2n) is 5.69. The maximum atomic E-state index is 13.0. The van der Waals surface area contributed by atoms with Crippen molar-refractivity contribution < 1.29 is 27.8 Å². The number of nitrogens with one attached hydrogen (secondary N) is 1. The number of pyridine rings is 1. The van der Waals surface area contributed by atoms with Crippen LogP contribution in [0, 0.1) is 0 Å². The van der Waals surface area contributed by atoms with E-state index in [0.29, 0.717) is 28.3 Å². The highest BCUT2D eigenvalue weighted by molar-refractivity contribution is 6.42. The Bertz CT molecular complexity index is 945. The van der Waals surface area contributed by atoms with E-state index in [1.807, 2.05) is 0 Å². The number of hydrogen-bond donors (Lipinski definition) is 2. The molecule has 2 N–H and O–H groups in total. The smallest absolute Gasteiger partial charge is 0.431 e. The molecule has 0 fully saturated rings. The van der Waals surface area contributed by atoms with Crippen molar-refractivity contribution in [2.75, 3.05) is 13.2 Å². The fourth-order valence-corrected chi connectivity index (χ4v) is 2.54. The van der Waals surface area contributed by atoms with Gasteiger partial charge < -0.3 is 19.7 Å². The first-order valence-electron chi connectivity index (χ1n) is 7.88. The zero-order chi connectivity index (χ0) is 21.1. The number of aromatic hydroxyl groups is 1. The van der Waals surface area contributed by atoms with Gasteiger partial charge in [-0.25, -0.2) is 0 Å². The lowest BCUT2D eigenvalue weighted by Crippen LogP contribution is -2.31. The summed E-state index contributed by atoms with van der Waals surface area (Å²) in [5, 5.41) is 12.7. The third kappa shape index (κ3) is 5.11. The summed E-state index contributed by atoms with van der Waals surface area (Å²) in [4.78, 5) is 23.8. The molecule has 0 saturated carbocycles. The molecule has 152 valence electrons. The molecule has 0 aliphatic heterocycles. The van der Waals surface area contributed by atoms with Gasteiger partial charge in [-0.3, -0.25) is 9.59 Å². The lowest BCUT2D eigenvalue weighted by Gasteiger charge is -2.14. The molecule has 0 atom stereocenters. The molecule has 0 unspecified atom stereocenters. The molecular formula is C17H15Cl2F3N2O4. The summed E-state index contributed by atoms with van der Waals surface area (Å²) in [6, 6.07) is 5.10. The van der Waals surface area contributed by atoms with Gasteiger partial charge in [0.25, 0.3) is 11.5 Å². The molecule has 0 aliphatic rings. The van der Waals surface area contributed by atoms with Crippen LogP contribution in [0.2, 0.25) is 10.0 Å². The summed E-state index contributed by atoms with van der Waals surface area (Å²) in [5.74, 6) is -1.60. The number of halogens is 5. The van der Waals surface area contributed by atoms with Gasteiger partial charge in [0.2, 0.25) is 0 Å². The van der Waals surface area contributed by atoms with E-state index >= 15 is 0 Å². The van der Waals surface area contributed by atoms with E-state index < -0.39 is 34.6 Å². The summed E-state index contributed by atoms with van der Waals surface area (Å²) in [6.07, 6.45) is -4.55. The number of nitrogens with zero attached hydrogens (tertiary/aromatic N) is 1. The van der Waals surface area contributed by atoms with E-state index in [0.717, 1.165) is 7.05 Å². The van der Waals surface area contributed by atoms with Gasteiger partial charge in [0, 0.05) is 19.7 Å². The Kier molecular flexibility index (Phi) is 6.84. The molecule has 0 spiro atoms. The number of alkyl halides is 3. The minimum Gasteiger partial charge on any atom is -0.502 e. The predicted molar refractivity (Wildman–Crippen MR) is 97.3 cm³/mol. The van der Waals surface area contributed by atoms with Gasteiger partial charge in [0.05, 0.1) is 22.2 Å². The van der Waals surface area contributed by atoms with E-state index in [2.05, 4.69) is 5.32 Å². The van der Waals surface area contributed by atoms with Crippen molar-refractivity contribution in [3.05, 3.63) is 55.9 Å². The van der Waals surface area contributed by atoms with Gasteiger partial charge in [0.1, 0.15) is 11.4 Å². The largest absolute Gasteiger partial charge is 0.502 e. The number of carbonyl (C=O) groups excluding carboxylic acids is 1. The van der Waals surface area contributed by atoms with Gasteiger partial charge in [-0.2, -0.15) is 13.2 Å². The number of hydrogen-bond acceptors (Lipinski definition) is 4. The number of amides is 1. The quantitative estimate of drug-likeness (QED) is 0.675. The molecule has 0 bridgehead atoms. The van der Waals surface area contributed by atoms with Crippen molar-refractivity contribution in [3.63, 3.8) is 0 Å².